The van der Waals surface area contributed by atoms with Gasteiger partial charge >= 0.3 is 0 Å². The molecule has 1 aromatic carbocycles. The fraction of sp³-hybridized carbons (Fsp3) is 0.0588. The standard InChI is InChI=1S/C17H12N2O/c1-11-8-9-18-14(10-11)13-6-7-16-17(19-13)12-4-2-3-5-15(12)20-16/h2-10H,1H3. The van der Waals surface area contributed by atoms with E-state index in [2.05, 4.69) is 11.9 Å². The van der Waals surface area contributed by atoms with Gasteiger partial charge in [-0.3, -0.25) is 4.98 Å². The van der Waals surface area contributed by atoms with Gasteiger partial charge in [0.05, 0.1) is 11.4 Å². The number of aromatic nitrogens is 2. The van der Waals surface area contributed by atoms with Gasteiger partial charge in [0.25, 0.3) is 0 Å². The van der Waals surface area contributed by atoms with E-state index in [1.165, 1.54) is 5.56 Å². The minimum absolute atomic E-state index is 0.808. The zero-order chi connectivity index (χ0) is 13.5. The Bertz CT molecular complexity index is 924. The van der Waals surface area contributed by atoms with Crippen LogP contribution in [0.1, 0.15) is 5.56 Å². The van der Waals surface area contributed by atoms with Crippen molar-refractivity contribution in [2.45, 2.75) is 6.92 Å². The Balaban J connectivity index is 2.00. The molecule has 3 heterocycles. The fourth-order valence-corrected chi connectivity index (χ4v) is 2.41. The number of nitrogens with zero attached hydrogens (tertiary/aromatic N) is 2. The zero-order valence-corrected chi connectivity index (χ0v) is 11.0. The molecule has 0 aliphatic heterocycles. The van der Waals surface area contributed by atoms with Crippen LogP contribution in [0, 0.1) is 6.92 Å². The summed E-state index contributed by atoms with van der Waals surface area (Å²) in [7, 11) is 0. The Morgan fingerprint density at radius 1 is 0.900 bits per heavy atom. The van der Waals surface area contributed by atoms with E-state index in [1.54, 1.807) is 0 Å². The van der Waals surface area contributed by atoms with Gasteiger partial charge in [0.1, 0.15) is 11.1 Å². The number of benzene rings is 1. The minimum Gasteiger partial charge on any atom is -0.454 e. The molecule has 0 spiro atoms. The number of fused-ring (bicyclic) bond motifs is 3. The normalized spacial score (nSPS) is 11.2. The van der Waals surface area contributed by atoms with Crippen molar-refractivity contribution in [2.75, 3.05) is 0 Å². The molecular formula is C17H12N2O. The van der Waals surface area contributed by atoms with E-state index in [0.29, 0.717) is 0 Å². The summed E-state index contributed by atoms with van der Waals surface area (Å²) in [5, 5.41) is 1.04. The van der Waals surface area contributed by atoms with Crippen molar-refractivity contribution < 1.29 is 4.42 Å². The van der Waals surface area contributed by atoms with E-state index in [9.17, 15) is 0 Å². The van der Waals surface area contributed by atoms with Crippen molar-refractivity contribution in [3.05, 3.63) is 60.3 Å². The molecule has 4 rings (SSSR count). The summed E-state index contributed by atoms with van der Waals surface area (Å²) < 4.78 is 5.78. The Kier molecular flexibility index (Phi) is 2.33. The number of rotatable bonds is 1. The Hall–Kier alpha value is -2.68. The maximum atomic E-state index is 5.78. The van der Waals surface area contributed by atoms with E-state index in [4.69, 9.17) is 9.40 Å². The third-order valence-electron chi connectivity index (χ3n) is 3.40. The van der Waals surface area contributed by atoms with Crippen LogP contribution in [0.5, 0.6) is 0 Å². The highest BCUT2D eigenvalue weighted by Crippen LogP contribution is 2.29. The molecule has 0 N–H and O–H groups in total. The molecule has 0 saturated heterocycles. The van der Waals surface area contributed by atoms with Crippen LogP contribution < -0.4 is 0 Å². The first-order valence-corrected chi connectivity index (χ1v) is 6.52. The number of para-hydroxylation sites is 1. The maximum absolute atomic E-state index is 5.78. The molecule has 3 nitrogen and oxygen atoms in total. The Morgan fingerprint density at radius 2 is 1.80 bits per heavy atom. The monoisotopic (exact) mass is 260 g/mol. The van der Waals surface area contributed by atoms with Crippen LogP contribution in [0.2, 0.25) is 0 Å². The van der Waals surface area contributed by atoms with Gasteiger partial charge in [-0.15, -0.1) is 0 Å². The maximum Gasteiger partial charge on any atom is 0.153 e. The van der Waals surface area contributed by atoms with Gasteiger partial charge in [-0.2, -0.15) is 0 Å². The lowest BCUT2D eigenvalue weighted by molar-refractivity contribution is 0.668. The lowest BCUT2D eigenvalue weighted by atomic mass is 10.2. The van der Waals surface area contributed by atoms with Crippen molar-refractivity contribution in [3.63, 3.8) is 0 Å². The van der Waals surface area contributed by atoms with Crippen molar-refractivity contribution in [1.82, 2.24) is 9.97 Å². The van der Waals surface area contributed by atoms with E-state index < -0.39 is 0 Å². The van der Waals surface area contributed by atoms with Crippen LogP contribution in [-0.4, -0.2) is 9.97 Å². The number of furan rings is 1. The first-order chi connectivity index (χ1) is 9.81. The quantitative estimate of drug-likeness (QED) is 0.510. The van der Waals surface area contributed by atoms with Crippen LogP contribution in [-0.2, 0) is 0 Å². The fourth-order valence-electron chi connectivity index (χ4n) is 2.41. The minimum atomic E-state index is 0.808. The summed E-state index contributed by atoms with van der Waals surface area (Å²) in [6.07, 6.45) is 1.81. The summed E-state index contributed by atoms with van der Waals surface area (Å²) in [4.78, 5) is 9.11. The van der Waals surface area contributed by atoms with Crippen molar-refractivity contribution in [1.29, 1.82) is 0 Å². The number of hydrogen-bond acceptors (Lipinski definition) is 3. The molecule has 20 heavy (non-hydrogen) atoms. The molecule has 0 aliphatic rings. The molecule has 0 amide bonds. The molecule has 4 aromatic rings. The smallest absolute Gasteiger partial charge is 0.153 e. The average Bonchev–Trinajstić information content (AvgIpc) is 2.85. The van der Waals surface area contributed by atoms with E-state index in [0.717, 1.165) is 33.5 Å². The van der Waals surface area contributed by atoms with Gasteiger partial charge < -0.3 is 4.42 Å². The second-order valence-electron chi connectivity index (χ2n) is 4.86. The molecule has 0 radical (unpaired) electrons. The molecule has 0 unspecified atom stereocenters. The van der Waals surface area contributed by atoms with Crippen LogP contribution in [0.15, 0.2) is 59.1 Å². The molecule has 0 saturated carbocycles. The zero-order valence-electron chi connectivity index (χ0n) is 11.0. The van der Waals surface area contributed by atoms with E-state index >= 15 is 0 Å². The average molecular weight is 260 g/mol. The number of hydrogen-bond donors (Lipinski definition) is 0. The van der Waals surface area contributed by atoms with E-state index in [-0.39, 0.29) is 0 Å². The van der Waals surface area contributed by atoms with Crippen LogP contribution in [0.3, 0.4) is 0 Å². The summed E-state index contributed by atoms with van der Waals surface area (Å²) in [6, 6.07) is 15.9. The van der Waals surface area contributed by atoms with Crippen molar-refractivity contribution in [2.24, 2.45) is 0 Å². The van der Waals surface area contributed by atoms with Crippen LogP contribution >= 0.6 is 0 Å². The predicted molar refractivity (Wildman–Crippen MR) is 79.5 cm³/mol. The van der Waals surface area contributed by atoms with Gasteiger partial charge in [0, 0.05) is 11.6 Å². The van der Waals surface area contributed by atoms with Gasteiger partial charge in [-0.1, -0.05) is 12.1 Å². The molecular weight excluding hydrogens is 248 g/mol. The summed E-state index contributed by atoms with van der Waals surface area (Å²) in [6.45, 7) is 2.05. The van der Waals surface area contributed by atoms with Gasteiger partial charge in [-0.25, -0.2) is 4.98 Å². The number of pyridine rings is 2. The Morgan fingerprint density at radius 3 is 2.70 bits per heavy atom. The van der Waals surface area contributed by atoms with Crippen molar-refractivity contribution >= 4 is 22.1 Å². The highest BCUT2D eigenvalue weighted by atomic mass is 16.3. The third kappa shape index (κ3) is 1.67. The topological polar surface area (TPSA) is 38.9 Å². The first-order valence-electron chi connectivity index (χ1n) is 6.52. The van der Waals surface area contributed by atoms with Crippen LogP contribution in [0.4, 0.5) is 0 Å². The third-order valence-corrected chi connectivity index (χ3v) is 3.40. The molecule has 3 heteroatoms. The molecule has 0 bridgehead atoms. The molecule has 3 aromatic heterocycles. The van der Waals surface area contributed by atoms with Gasteiger partial charge in [0.15, 0.2) is 5.58 Å². The largest absolute Gasteiger partial charge is 0.454 e. The second-order valence-corrected chi connectivity index (χ2v) is 4.86. The molecule has 0 atom stereocenters. The highest BCUT2D eigenvalue weighted by Gasteiger charge is 2.09. The molecule has 0 fully saturated rings. The Labute approximate surface area is 115 Å². The SMILES string of the molecule is Cc1ccnc(-c2ccc3oc4ccccc4c3n2)c1. The van der Waals surface area contributed by atoms with Gasteiger partial charge in [0.2, 0.25) is 0 Å². The molecule has 0 aliphatic carbocycles. The second kappa shape index (κ2) is 4.17. The summed E-state index contributed by atoms with van der Waals surface area (Å²) in [5.74, 6) is 0. The lowest BCUT2D eigenvalue weighted by Gasteiger charge is -2.00. The summed E-state index contributed by atoms with van der Waals surface area (Å²) in [5.41, 5.74) is 5.49. The van der Waals surface area contributed by atoms with Gasteiger partial charge in [-0.05, 0) is 48.9 Å². The van der Waals surface area contributed by atoms with E-state index in [1.807, 2.05) is 54.7 Å². The predicted octanol–water partition coefficient (Wildman–Crippen LogP) is 4.35. The first kappa shape index (κ1) is 11.2. The lowest BCUT2D eigenvalue weighted by Crippen LogP contribution is -1.87. The molecule has 96 valence electrons. The number of aryl methyl sites for hydroxylation is 1. The summed E-state index contributed by atoms with van der Waals surface area (Å²) >= 11 is 0. The van der Waals surface area contributed by atoms with Crippen LogP contribution in [0.25, 0.3) is 33.5 Å². The highest BCUT2D eigenvalue weighted by molar-refractivity contribution is 6.02. The van der Waals surface area contributed by atoms with Crippen molar-refractivity contribution in [3.8, 4) is 11.4 Å².